The summed E-state index contributed by atoms with van der Waals surface area (Å²) in [6.07, 6.45) is 2.22. The monoisotopic (exact) mass is 453 g/mol. The molecule has 2 heterocycles. The van der Waals surface area contributed by atoms with Gasteiger partial charge < -0.3 is 15.0 Å². The molecule has 170 valence electrons. The fourth-order valence-corrected chi connectivity index (χ4v) is 5.67. The topological polar surface area (TPSA) is 84.1 Å². The molecule has 0 bridgehead atoms. The first-order valence-electron chi connectivity index (χ1n) is 11.1. The quantitative estimate of drug-likeness (QED) is 0.467. The zero-order valence-electron chi connectivity index (χ0n) is 19.4. The number of carbonyl (C=O) groups is 1. The molecule has 32 heavy (non-hydrogen) atoms. The van der Waals surface area contributed by atoms with Crippen LogP contribution in [0.15, 0.2) is 45.5 Å². The van der Waals surface area contributed by atoms with Crippen LogP contribution >= 0.6 is 11.8 Å². The Balaban J connectivity index is 1.86. The lowest BCUT2D eigenvalue weighted by Crippen LogP contribution is -2.37. The van der Waals surface area contributed by atoms with Crippen molar-refractivity contribution in [2.45, 2.75) is 58.0 Å². The van der Waals surface area contributed by atoms with Crippen molar-refractivity contribution in [1.29, 1.82) is 0 Å². The van der Waals surface area contributed by atoms with E-state index in [9.17, 15) is 9.59 Å². The number of benzene rings is 1. The van der Waals surface area contributed by atoms with E-state index in [2.05, 4.69) is 38.0 Å². The number of ether oxygens (including phenoxy) is 1. The summed E-state index contributed by atoms with van der Waals surface area (Å²) >= 11 is 1.56. The van der Waals surface area contributed by atoms with E-state index in [-0.39, 0.29) is 16.8 Å². The Morgan fingerprint density at radius 1 is 1.22 bits per heavy atom. The van der Waals surface area contributed by atoms with E-state index in [4.69, 9.17) is 9.72 Å². The number of ketones is 1. The Labute approximate surface area is 193 Å². The number of nitrogens with zero attached hydrogens (tertiary/aromatic N) is 1. The third kappa shape index (κ3) is 4.35. The molecule has 6 nitrogen and oxygen atoms in total. The van der Waals surface area contributed by atoms with Crippen LogP contribution in [0, 0.1) is 11.3 Å². The lowest BCUT2D eigenvalue weighted by molar-refractivity contribution is -0.118. The number of aromatic nitrogens is 2. The number of hydrogen-bond donors (Lipinski definition) is 2. The molecule has 0 amide bonds. The highest BCUT2D eigenvalue weighted by Gasteiger charge is 2.43. The molecule has 7 heteroatoms. The van der Waals surface area contributed by atoms with Crippen LogP contribution < -0.4 is 15.6 Å². The fraction of sp³-hybridized carbons (Fsp3) is 0.480. The van der Waals surface area contributed by atoms with Crippen LogP contribution in [0.5, 0.6) is 5.75 Å². The van der Waals surface area contributed by atoms with Gasteiger partial charge in [-0.15, -0.1) is 0 Å². The van der Waals surface area contributed by atoms with Crippen molar-refractivity contribution in [2.75, 3.05) is 18.2 Å². The molecule has 2 aliphatic rings. The van der Waals surface area contributed by atoms with Crippen molar-refractivity contribution in [3.8, 4) is 5.75 Å². The van der Waals surface area contributed by atoms with E-state index < -0.39 is 5.92 Å². The molecule has 0 spiro atoms. The number of H-pyrrole nitrogens is 1. The molecule has 2 aromatic rings. The second-order valence-electron chi connectivity index (χ2n) is 9.80. The Kier molecular flexibility index (Phi) is 6.21. The van der Waals surface area contributed by atoms with Crippen molar-refractivity contribution in [1.82, 2.24) is 9.97 Å². The predicted octanol–water partition coefficient (Wildman–Crippen LogP) is 5.12. The second-order valence-corrected chi connectivity index (χ2v) is 10.9. The van der Waals surface area contributed by atoms with Crippen molar-refractivity contribution < 1.29 is 9.53 Å². The SMILES string of the molecule is COc1ccccc1C1C2=C(CC(C)(C)CC2=O)Nc2nc(SCCC(C)C)[nH]c(=O)c21. The van der Waals surface area contributed by atoms with E-state index in [1.807, 2.05) is 24.3 Å². The van der Waals surface area contributed by atoms with Crippen molar-refractivity contribution >= 4 is 23.4 Å². The highest BCUT2D eigenvalue weighted by atomic mass is 32.2. The molecule has 1 aliphatic heterocycles. The van der Waals surface area contributed by atoms with Crippen LogP contribution in [0.1, 0.15) is 64.0 Å². The lowest BCUT2D eigenvalue weighted by atomic mass is 9.69. The second kappa shape index (κ2) is 8.77. The highest BCUT2D eigenvalue weighted by molar-refractivity contribution is 7.99. The number of carbonyl (C=O) groups excluding carboxylic acids is 1. The van der Waals surface area contributed by atoms with Crippen molar-refractivity contribution in [3.05, 3.63) is 57.0 Å². The zero-order valence-corrected chi connectivity index (χ0v) is 20.2. The Morgan fingerprint density at radius 3 is 2.69 bits per heavy atom. The van der Waals surface area contributed by atoms with Gasteiger partial charge in [0.25, 0.3) is 5.56 Å². The maximum atomic E-state index is 13.3. The van der Waals surface area contributed by atoms with Crippen LogP contribution in [-0.2, 0) is 4.79 Å². The predicted molar refractivity (Wildman–Crippen MR) is 129 cm³/mol. The number of aromatic amines is 1. The third-order valence-electron chi connectivity index (χ3n) is 6.08. The first kappa shape index (κ1) is 22.6. The lowest BCUT2D eigenvalue weighted by Gasteiger charge is -2.38. The summed E-state index contributed by atoms with van der Waals surface area (Å²) in [6, 6.07) is 7.60. The summed E-state index contributed by atoms with van der Waals surface area (Å²) in [4.78, 5) is 34.4. The molecule has 1 aromatic carbocycles. The van der Waals surface area contributed by atoms with Gasteiger partial charge in [-0.05, 0) is 30.2 Å². The van der Waals surface area contributed by atoms with Gasteiger partial charge in [0.05, 0.1) is 18.6 Å². The van der Waals surface area contributed by atoms with E-state index in [0.717, 1.165) is 29.9 Å². The molecule has 4 rings (SSSR count). The minimum Gasteiger partial charge on any atom is -0.496 e. The van der Waals surface area contributed by atoms with Gasteiger partial charge in [0.1, 0.15) is 11.6 Å². The van der Waals surface area contributed by atoms with Gasteiger partial charge in [-0.25, -0.2) is 4.98 Å². The van der Waals surface area contributed by atoms with Crippen molar-refractivity contribution in [3.63, 3.8) is 0 Å². The van der Waals surface area contributed by atoms with Gasteiger partial charge in [-0.1, -0.05) is 57.7 Å². The summed E-state index contributed by atoms with van der Waals surface area (Å²) in [6.45, 7) is 8.56. The average molecular weight is 454 g/mol. The number of rotatable bonds is 6. The standard InChI is InChI=1S/C25H31N3O3S/c1-14(2)10-11-32-24-27-22-21(23(30)28-24)19(15-8-6-7-9-18(15)31-5)20-16(26-22)12-25(3,4)13-17(20)29/h6-9,14,19H,10-13H2,1-5H3,(H2,26,27,28,30). The number of hydrogen-bond acceptors (Lipinski definition) is 6. The Morgan fingerprint density at radius 2 is 1.97 bits per heavy atom. The first-order chi connectivity index (χ1) is 15.2. The number of Topliss-reactive ketones (excluding diaryl/α,β-unsaturated/α-hetero) is 1. The van der Waals surface area contributed by atoms with Crippen LogP contribution in [0.4, 0.5) is 5.82 Å². The smallest absolute Gasteiger partial charge is 0.257 e. The molecule has 2 N–H and O–H groups in total. The molecule has 1 aliphatic carbocycles. The number of para-hydroxylation sites is 1. The van der Waals surface area contributed by atoms with E-state index in [1.165, 1.54) is 0 Å². The van der Waals surface area contributed by atoms with Gasteiger partial charge in [-0.3, -0.25) is 9.59 Å². The normalized spacial score (nSPS) is 19.4. The molecular formula is C25H31N3O3S. The number of thioether (sulfide) groups is 1. The van der Waals surface area contributed by atoms with Gasteiger partial charge in [0.2, 0.25) is 0 Å². The number of fused-ring (bicyclic) bond motifs is 1. The number of nitrogens with one attached hydrogen (secondary N) is 2. The van der Waals surface area contributed by atoms with Crippen LogP contribution in [0.3, 0.4) is 0 Å². The van der Waals surface area contributed by atoms with Gasteiger partial charge in [-0.2, -0.15) is 0 Å². The minimum absolute atomic E-state index is 0.0695. The van der Waals surface area contributed by atoms with E-state index in [0.29, 0.717) is 40.2 Å². The fourth-order valence-electron chi connectivity index (χ4n) is 4.57. The van der Waals surface area contributed by atoms with Crippen LogP contribution in [0.25, 0.3) is 0 Å². The minimum atomic E-state index is -0.507. The average Bonchev–Trinajstić information content (AvgIpc) is 2.71. The summed E-state index contributed by atoms with van der Waals surface area (Å²) in [5.74, 6) is 2.23. The third-order valence-corrected chi connectivity index (χ3v) is 6.99. The van der Waals surface area contributed by atoms with Gasteiger partial charge in [0, 0.05) is 29.0 Å². The van der Waals surface area contributed by atoms with Crippen molar-refractivity contribution in [2.24, 2.45) is 11.3 Å². The number of allylic oxidation sites excluding steroid dienone is 2. The Bertz CT molecular complexity index is 1130. The maximum Gasteiger partial charge on any atom is 0.257 e. The van der Waals surface area contributed by atoms with Gasteiger partial charge in [0.15, 0.2) is 10.9 Å². The van der Waals surface area contributed by atoms with Gasteiger partial charge >= 0.3 is 0 Å². The number of methoxy groups -OCH3 is 1. The molecule has 0 radical (unpaired) electrons. The molecule has 0 saturated carbocycles. The van der Waals surface area contributed by atoms with E-state index in [1.54, 1.807) is 18.9 Å². The molecule has 0 fully saturated rings. The maximum absolute atomic E-state index is 13.3. The van der Waals surface area contributed by atoms with Crippen LogP contribution in [0.2, 0.25) is 0 Å². The molecule has 1 atom stereocenters. The largest absolute Gasteiger partial charge is 0.496 e. The summed E-state index contributed by atoms with van der Waals surface area (Å²) < 4.78 is 5.62. The summed E-state index contributed by atoms with van der Waals surface area (Å²) in [7, 11) is 1.61. The molecule has 1 unspecified atom stereocenters. The zero-order chi connectivity index (χ0) is 23.0. The van der Waals surface area contributed by atoms with Crippen LogP contribution in [-0.4, -0.2) is 28.6 Å². The highest BCUT2D eigenvalue weighted by Crippen LogP contribution is 2.49. The number of anilines is 1. The molecule has 1 aromatic heterocycles. The Hall–Kier alpha value is -2.54. The first-order valence-corrected chi connectivity index (χ1v) is 12.1. The summed E-state index contributed by atoms with van der Waals surface area (Å²) in [5.41, 5.74) is 2.46. The van der Waals surface area contributed by atoms with E-state index >= 15 is 0 Å². The molecule has 0 saturated heterocycles. The summed E-state index contributed by atoms with van der Waals surface area (Å²) in [5, 5.41) is 3.98. The molecular weight excluding hydrogens is 422 g/mol.